The number of ketones is 1. The van der Waals surface area contributed by atoms with Crippen LogP contribution >= 0.6 is 0 Å². The van der Waals surface area contributed by atoms with Crippen LogP contribution in [-0.2, 0) is 24.3 Å². The highest BCUT2D eigenvalue weighted by atomic mass is 19.1. The van der Waals surface area contributed by atoms with Crippen LogP contribution in [0.5, 0.6) is 0 Å². The number of allylic oxidation sites excluding steroid dienone is 1. The molecule has 0 unspecified atom stereocenters. The van der Waals surface area contributed by atoms with Gasteiger partial charge >= 0.3 is 5.69 Å². The number of benzene rings is 3. The predicted molar refractivity (Wildman–Crippen MR) is 132 cm³/mol. The van der Waals surface area contributed by atoms with E-state index in [1.807, 2.05) is 31.2 Å². The van der Waals surface area contributed by atoms with Crippen LogP contribution in [0.3, 0.4) is 0 Å². The van der Waals surface area contributed by atoms with Gasteiger partial charge in [-0.05, 0) is 53.5 Å². The van der Waals surface area contributed by atoms with Crippen molar-refractivity contribution in [3.05, 3.63) is 122 Å². The van der Waals surface area contributed by atoms with Gasteiger partial charge in [0.25, 0.3) is 5.56 Å². The summed E-state index contributed by atoms with van der Waals surface area (Å²) in [5, 5.41) is 0.471. The molecule has 0 spiro atoms. The molecular weight excluding hydrogens is 431 g/mol. The highest BCUT2D eigenvalue weighted by Crippen LogP contribution is 2.13. The zero-order valence-corrected chi connectivity index (χ0v) is 18.9. The van der Waals surface area contributed by atoms with Gasteiger partial charge in [-0.25, -0.2) is 9.18 Å². The summed E-state index contributed by atoms with van der Waals surface area (Å²) in [7, 11) is 0. The Balaban J connectivity index is 1.67. The van der Waals surface area contributed by atoms with Crippen LogP contribution in [-0.4, -0.2) is 14.9 Å². The van der Waals surface area contributed by atoms with Gasteiger partial charge in [0, 0.05) is 13.0 Å². The number of aromatic nitrogens is 2. The van der Waals surface area contributed by atoms with Crippen molar-refractivity contribution in [3.63, 3.8) is 0 Å². The van der Waals surface area contributed by atoms with Gasteiger partial charge in [-0.15, -0.1) is 0 Å². The number of rotatable bonds is 8. The quantitative estimate of drug-likeness (QED) is 0.365. The van der Waals surface area contributed by atoms with Gasteiger partial charge in [-0.1, -0.05) is 61.5 Å². The normalized spacial score (nSPS) is 11.4. The Bertz CT molecular complexity index is 1460. The Morgan fingerprint density at radius 1 is 0.882 bits per heavy atom. The maximum Gasteiger partial charge on any atom is 0.331 e. The number of fused-ring (bicyclic) bond motifs is 1. The summed E-state index contributed by atoms with van der Waals surface area (Å²) in [4.78, 5) is 38.0. The minimum atomic E-state index is -0.386. The lowest BCUT2D eigenvalue weighted by Gasteiger charge is -2.14. The third-order valence-corrected chi connectivity index (χ3v) is 5.80. The van der Waals surface area contributed by atoms with Crippen molar-refractivity contribution in [3.8, 4) is 0 Å². The predicted octanol–water partition coefficient (Wildman–Crippen LogP) is 4.59. The van der Waals surface area contributed by atoms with Gasteiger partial charge in [0.05, 0.1) is 17.4 Å². The van der Waals surface area contributed by atoms with Crippen LogP contribution in [0, 0.1) is 5.82 Å². The van der Waals surface area contributed by atoms with Gasteiger partial charge in [-0.2, -0.15) is 0 Å². The molecule has 0 atom stereocenters. The second kappa shape index (κ2) is 10.3. The number of carbonyl (C=O) groups is 1. The van der Waals surface area contributed by atoms with Crippen LogP contribution in [0.25, 0.3) is 17.0 Å². The number of aryl methyl sites for hydroxylation is 1. The molecule has 0 aliphatic rings. The molecule has 0 saturated carbocycles. The van der Waals surface area contributed by atoms with Gasteiger partial charge in [-0.3, -0.25) is 18.7 Å². The maximum absolute atomic E-state index is 13.4. The largest absolute Gasteiger partial charge is 0.331 e. The van der Waals surface area contributed by atoms with Crippen LogP contribution in [0.4, 0.5) is 4.39 Å². The summed E-state index contributed by atoms with van der Waals surface area (Å²) < 4.78 is 16.1. The third kappa shape index (κ3) is 5.12. The molecule has 0 fully saturated rings. The number of halogens is 1. The standard InChI is InChI=1S/C28H25FN2O3/c1-2-24(32)16-13-20-7-9-22(10-8-20)19-31-26-6-4-3-5-25(26)27(33)30(28(31)34)18-17-21-11-14-23(29)15-12-21/h3-16H,2,17-19H2,1H3/b16-13+. The SMILES string of the molecule is CCC(=O)/C=C/c1ccc(Cn2c(=O)n(CCc3ccc(F)cc3)c(=O)c3ccccc32)cc1. The van der Waals surface area contributed by atoms with Gasteiger partial charge in [0.1, 0.15) is 5.82 Å². The molecule has 0 bridgehead atoms. The number of nitrogens with zero attached hydrogens (tertiary/aromatic N) is 2. The molecule has 0 amide bonds. The van der Waals surface area contributed by atoms with E-state index in [9.17, 15) is 18.8 Å². The van der Waals surface area contributed by atoms with Gasteiger partial charge < -0.3 is 0 Å². The molecular formula is C28H25FN2O3. The second-order valence-corrected chi connectivity index (χ2v) is 8.11. The first-order chi connectivity index (χ1) is 16.5. The molecule has 5 nitrogen and oxygen atoms in total. The molecule has 0 aliphatic heterocycles. The van der Waals surface area contributed by atoms with E-state index in [-0.39, 0.29) is 29.4 Å². The van der Waals surface area contributed by atoms with E-state index < -0.39 is 0 Å². The van der Waals surface area contributed by atoms with E-state index in [0.29, 0.717) is 30.3 Å². The fourth-order valence-electron chi connectivity index (χ4n) is 3.84. The first-order valence-corrected chi connectivity index (χ1v) is 11.2. The fraction of sp³-hybridized carbons (Fsp3) is 0.179. The van der Waals surface area contributed by atoms with E-state index >= 15 is 0 Å². The third-order valence-electron chi connectivity index (χ3n) is 5.80. The molecule has 34 heavy (non-hydrogen) atoms. The topological polar surface area (TPSA) is 61.1 Å². The highest BCUT2D eigenvalue weighted by molar-refractivity contribution is 5.93. The van der Waals surface area contributed by atoms with Crippen molar-refractivity contribution in [2.75, 3.05) is 0 Å². The Labute approximate surface area is 196 Å². The summed E-state index contributed by atoms with van der Waals surface area (Å²) in [6.45, 7) is 2.31. The minimum Gasteiger partial charge on any atom is -0.295 e. The summed E-state index contributed by atoms with van der Waals surface area (Å²) in [6, 6.07) is 20.7. The molecule has 4 aromatic rings. The molecule has 0 radical (unpaired) electrons. The molecule has 4 rings (SSSR count). The molecule has 6 heteroatoms. The second-order valence-electron chi connectivity index (χ2n) is 8.11. The van der Waals surface area contributed by atoms with E-state index in [1.54, 1.807) is 53.1 Å². The molecule has 172 valence electrons. The van der Waals surface area contributed by atoms with Crippen molar-refractivity contribution in [1.29, 1.82) is 0 Å². The molecule has 1 heterocycles. The lowest BCUT2D eigenvalue weighted by atomic mass is 10.1. The lowest BCUT2D eigenvalue weighted by Crippen LogP contribution is -2.40. The minimum absolute atomic E-state index is 0.0602. The average molecular weight is 457 g/mol. The Kier molecular flexibility index (Phi) is 6.97. The number of hydrogen-bond acceptors (Lipinski definition) is 3. The van der Waals surface area contributed by atoms with Crippen molar-refractivity contribution >= 4 is 22.8 Å². The number of carbonyl (C=O) groups excluding carboxylic acids is 1. The maximum atomic E-state index is 13.4. The van der Waals surface area contributed by atoms with Crippen LogP contribution in [0.1, 0.15) is 30.0 Å². The lowest BCUT2D eigenvalue weighted by molar-refractivity contribution is -0.114. The number of para-hydroxylation sites is 1. The fourth-order valence-corrected chi connectivity index (χ4v) is 3.84. The van der Waals surface area contributed by atoms with Gasteiger partial charge in [0.2, 0.25) is 0 Å². The molecule has 3 aromatic carbocycles. The van der Waals surface area contributed by atoms with E-state index in [0.717, 1.165) is 16.7 Å². The van der Waals surface area contributed by atoms with Crippen molar-refractivity contribution in [2.45, 2.75) is 32.9 Å². The summed E-state index contributed by atoms with van der Waals surface area (Å²) in [6.07, 6.45) is 4.23. The smallest absolute Gasteiger partial charge is 0.295 e. The monoisotopic (exact) mass is 456 g/mol. The number of hydrogen-bond donors (Lipinski definition) is 0. The summed E-state index contributed by atoms with van der Waals surface area (Å²) in [5.41, 5.74) is 2.50. The summed E-state index contributed by atoms with van der Waals surface area (Å²) in [5.74, 6) is -0.266. The molecule has 0 aliphatic carbocycles. The van der Waals surface area contributed by atoms with E-state index in [1.165, 1.54) is 16.7 Å². The van der Waals surface area contributed by atoms with Crippen LogP contribution in [0.2, 0.25) is 0 Å². The van der Waals surface area contributed by atoms with Crippen molar-refractivity contribution in [1.82, 2.24) is 9.13 Å². The zero-order valence-electron chi connectivity index (χ0n) is 18.9. The zero-order chi connectivity index (χ0) is 24.1. The average Bonchev–Trinajstić information content (AvgIpc) is 2.86. The first-order valence-electron chi connectivity index (χ1n) is 11.2. The molecule has 0 saturated heterocycles. The van der Waals surface area contributed by atoms with E-state index in [2.05, 4.69) is 0 Å². The first kappa shape index (κ1) is 23.1. The highest BCUT2D eigenvalue weighted by Gasteiger charge is 2.13. The van der Waals surface area contributed by atoms with Crippen LogP contribution < -0.4 is 11.2 Å². The Hall–Kier alpha value is -4.06. The van der Waals surface area contributed by atoms with E-state index in [4.69, 9.17) is 0 Å². The Morgan fingerprint density at radius 2 is 1.56 bits per heavy atom. The van der Waals surface area contributed by atoms with Gasteiger partial charge in [0.15, 0.2) is 5.78 Å². The van der Waals surface area contributed by atoms with Crippen molar-refractivity contribution in [2.24, 2.45) is 0 Å². The van der Waals surface area contributed by atoms with Crippen molar-refractivity contribution < 1.29 is 9.18 Å². The molecule has 1 aromatic heterocycles. The Morgan fingerprint density at radius 3 is 2.26 bits per heavy atom. The van der Waals surface area contributed by atoms with Crippen LogP contribution in [0.15, 0.2) is 88.5 Å². The molecule has 0 N–H and O–H groups in total. The summed E-state index contributed by atoms with van der Waals surface area (Å²) >= 11 is 0.